The van der Waals surface area contributed by atoms with E-state index in [0.29, 0.717) is 31.3 Å². The molecule has 3 heterocycles. The Morgan fingerprint density at radius 1 is 1.26 bits per heavy atom. The smallest absolute Gasteiger partial charge is 0.231 e. The van der Waals surface area contributed by atoms with Gasteiger partial charge in [-0.1, -0.05) is 17.3 Å². The molecule has 144 valence electrons. The molecule has 1 amide bonds. The van der Waals surface area contributed by atoms with Crippen molar-refractivity contribution in [1.82, 2.24) is 20.8 Å². The number of hydrogen-bond acceptors (Lipinski definition) is 7. The number of benzene rings is 1. The minimum Gasteiger partial charge on any atom is -0.378 e. The monoisotopic (exact) mass is 371 g/mol. The molecule has 8 heteroatoms. The summed E-state index contributed by atoms with van der Waals surface area (Å²) in [6.45, 7) is 6.96. The SMILES string of the molecule is Cc1noc([C@@H]2CNC[C@H]2C(=O)NCc2ccc(N3CCOCC3)cc2)n1. The number of nitrogens with one attached hydrogen (secondary N) is 2. The van der Waals surface area contributed by atoms with Gasteiger partial charge in [-0.25, -0.2) is 0 Å². The van der Waals surface area contributed by atoms with E-state index in [9.17, 15) is 4.79 Å². The van der Waals surface area contributed by atoms with E-state index in [2.05, 4.69) is 49.9 Å². The standard InChI is InChI=1S/C19H25N5O3/c1-13-22-19(27-23-13)17-12-20-11-16(17)18(25)21-10-14-2-4-15(5-3-14)24-6-8-26-9-7-24/h2-5,16-17,20H,6-12H2,1H3,(H,21,25)/t16-,17-/m1/s1. The van der Waals surface area contributed by atoms with Crippen molar-refractivity contribution in [2.75, 3.05) is 44.3 Å². The van der Waals surface area contributed by atoms with E-state index in [-0.39, 0.29) is 17.7 Å². The Morgan fingerprint density at radius 2 is 2.04 bits per heavy atom. The van der Waals surface area contributed by atoms with Crippen molar-refractivity contribution in [2.24, 2.45) is 5.92 Å². The molecule has 0 radical (unpaired) electrons. The van der Waals surface area contributed by atoms with Gasteiger partial charge in [-0.3, -0.25) is 4.79 Å². The highest BCUT2D eigenvalue weighted by Crippen LogP contribution is 2.27. The second-order valence-corrected chi connectivity index (χ2v) is 7.03. The number of aromatic nitrogens is 2. The average Bonchev–Trinajstić information content (AvgIpc) is 3.36. The molecular weight excluding hydrogens is 346 g/mol. The minimum atomic E-state index is -0.197. The predicted octanol–water partition coefficient (Wildman–Crippen LogP) is 0.834. The molecule has 2 aromatic rings. The molecule has 2 atom stereocenters. The van der Waals surface area contributed by atoms with Crippen molar-refractivity contribution in [1.29, 1.82) is 0 Å². The van der Waals surface area contributed by atoms with Crippen LogP contribution in [0.4, 0.5) is 5.69 Å². The van der Waals surface area contributed by atoms with Crippen LogP contribution in [0.5, 0.6) is 0 Å². The van der Waals surface area contributed by atoms with Crippen LogP contribution >= 0.6 is 0 Å². The maximum absolute atomic E-state index is 12.7. The van der Waals surface area contributed by atoms with Crippen LogP contribution in [0, 0.1) is 12.8 Å². The zero-order chi connectivity index (χ0) is 18.6. The number of carbonyl (C=O) groups excluding carboxylic acids is 1. The lowest BCUT2D eigenvalue weighted by Crippen LogP contribution is -2.36. The van der Waals surface area contributed by atoms with Gasteiger partial charge in [-0.15, -0.1) is 0 Å². The van der Waals surface area contributed by atoms with Crippen LogP contribution in [0.15, 0.2) is 28.8 Å². The zero-order valence-electron chi connectivity index (χ0n) is 15.5. The highest BCUT2D eigenvalue weighted by Gasteiger charge is 2.37. The molecule has 1 aromatic heterocycles. The summed E-state index contributed by atoms with van der Waals surface area (Å²) in [6, 6.07) is 8.34. The number of aryl methyl sites for hydroxylation is 1. The normalized spacial score (nSPS) is 22.8. The molecule has 2 aliphatic rings. The molecule has 4 rings (SSSR count). The molecule has 2 fully saturated rings. The van der Waals surface area contributed by atoms with Gasteiger partial charge in [0.05, 0.1) is 25.0 Å². The number of morpholine rings is 1. The van der Waals surface area contributed by atoms with Gasteiger partial charge >= 0.3 is 0 Å². The molecule has 0 bridgehead atoms. The lowest BCUT2D eigenvalue weighted by Gasteiger charge is -2.28. The summed E-state index contributed by atoms with van der Waals surface area (Å²) in [5, 5.41) is 10.1. The number of hydrogen-bond donors (Lipinski definition) is 2. The molecule has 0 spiro atoms. The Morgan fingerprint density at radius 3 is 2.74 bits per heavy atom. The molecule has 27 heavy (non-hydrogen) atoms. The van der Waals surface area contributed by atoms with E-state index in [4.69, 9.17) is 9.26 Å². The Kier molecular flexibility index (Phi) is 5.35. The Bertz CT molecular complexity index is 770. The summed E-state index contributed by atoms with van der Waals surface area (Å²) in [7, 11) is 0. The summed E-state index contributed by atoms with van der Waals surface area (Å²) in [4.78, 5) is 19.3. The highest BCUT2D eigenvalue weighted by atomic mass is 16.5. The summed E-state index contributed by atoms with van der Waals surface area (Å²) in [5.74, 6) is 0.870. The first-order chi connectivity index (χ1) is 13.2. The third kappa shape index (κ3) is 4.12. The number of amides is 1. The van der Waals surface area contributed by atoms with Crippen LogP contribution in [-0.2, 0) is 16.1 Å². The van der Waals surface area contributed by atoms with Crippen molar-refractivity contribution in [2.45, 2.75) is 19.4 Å². The van der Waals surface area contributed by atoms with Crippen molar-refractivity contribution < 1.29 is 14.1 Å². The van der Waals surface area contributed by atoms with E-state index in [1.807, 2.05) is 0 Å². The lowest BCUT2D eigenvalue weighted by atomic mass is 9.95. The second-order valence-electron chi connectivity index (χ2n) is 7.03. The molecule has 2 N–H and O–H groups in total. The molecular formula is C19H25N5O3. The van der Waals surface area contributed by atoms with E-state index in [0.717, 1.165) is 31.9 Å². The van der Waals surface area contributed by atoms with Gasteiger partial charge < -0.3 is 24.8 Å². The molecule has 8 nitrogen and oxygen atoms in total. The fourth-order valence-electron chi connectivity index (χ4n) is 3.64. The lowest BCUT2D eigenvalue weighted by molar-refractivity contribution is -0.125. The van der Waals surface area contributed by atoms with Gasteiger partial charge in [-0.05, 0) is 24.6 Å². The predicted molar refractivity (Wildman–Crippen MR) is 99.5 cm³/mol. The van der Waals surface area contributed by atoms with Gasteiger partial charge in [0.15, 0.2) is 5.82 Å². The number of nitrogens with zero attached hydrogens (tertiary/aromatic N) is 3. The van der Waals surface area contributed by atoms with Gasteiger partial charge in [0.25, 0.3) is 0 Å². The van der Waals surface area contributed by atoms with E-state index in [1.165, 1.54) is 5.69 Å². The van der Waals surface area contributed by atoms with Crippen molar-refractivity contribution in [3.63, 3.8) is 0 Å². The first-order valence-electron chi connectivity index (χ1n) is 9.41. The number of anilines is 1. The van der Waals surface area contributed by atoms with Crippen molar-refractivity contribution in [3.8, 4) is 0 Å². The number of rotatable bonds is 5. The van der Waals surface area contributed by atoms with E-state index < -0.39 is 0 Å². The summed E-state index contributed by atoms with van der Waals surface area (Å²) < 4.78 is 10.7. The summed E-state index contributed by atoms with van der Waals surface area (Å²) >= 11 is 0. The third-order valence-electron chi connectivity index (χ3n) is 5.19. The number of carbonyl (C=O) groups is 1. The quantitative estimate of drug-likeness (QED) is 0.804. The fraction of sp³-hybridized carbons (Fsp3) is 0.526. The van der Waals surface area contributed by atoms with Gasteiger partial charge in [0.2, 0.25) is 11.8 Å². The van der Waals surface area contributed by atoms with Crippen LogP contribution in [0.1, 0.15) is 23.2 Å². The molecule has 0 aliphatic carbocycles. The summed E-state index contributed by atoms with van der Waals surface area (Å²) in [6.07, 6.45) is 0. The Balaban J connectivity index is 1.33. The van der Waals surface area contributed by atoms with Gasteiger partial charge in [-0.2, -0.15) is 4.98 Å². The molecule has 0 unspecified atom stereocenters. The van der Waals surface area contributed by atoms with Crippen LogP contribution < -0.4 is 15.5 Å². The Labute approximate surface area is 158 Å². The van der Waals surface area contributed by atoms with Gasteiger partial charge in [0.1, 0.15) is 0 Å². The zero-order valence-corrected chi connectivity index (χ0v) is 15.5. The molecule has 2 saturated heterocycles. The van der Waals surface area contributed by atoms with Gasteiger partial charge in [0, 0.05) is 38.4 Å². The van der Waals surface area contributed by atoms with Crippen LogP contribution in [0.25, 0.3) is 0 Å². The maximum Gasteiger partial charge on any atom is 0.231 e. The van der Waals surface area contributed by atoms with Crippen LogP contribution in [0.3, 0.4) is 0 Å². The first kappa shape index (κ1) is 17.9. The fourth-order valence-corrected chi connectivity index (χ4v) is 3.64. The third-order valence-corrected chi connectivity index (χ3v) is 5.19. The van der Waals surface area contributed by atoms with E-state index >= 15 is 0 Å². The highest BCUT2D eigenvalue weighted by molar-refractivity contribution is 5.80. The molecule has 0 saturated carbocycles. The molecule has 1 aromatic carbocycles. The maximum atomic E-state index is 12.7. The second kappa shape index (κ2) is 8.06. The largest absolute Gasteiger partial charge is 0.378 e. The van der Waals surface area contributed by atoms with Crippen molar-refractivity contribution >= 4 is 11.6 Å². The Hall–Kier alpha value is -2.45. The first-order valence-corrected chi connectivity index (χ1v) is 9.41. The number of ether oxygens (including phenoxy) is 1. The van der Waals surface area contributed by atoms with Crippen molar-refractivity contribution in [3.05, 3.63) is 41.5 Å². The van der Waals surface area contributed by atoms with E-state index in [1.54, 1.807) is 6.92 Å². The average molecular weight is 371 g/mol. The molecule has 2 aliphatic heterocycles. The topological polar surface area (TPSA) is 92.5 Å². The van der Waals surface area contributed by atoms with Crippen LogP contribution in [0.2, 0.25) is 0 Å². The summed E-state index contributed by atoms with van der Waals surface area (Å²) in [5.41, 5.74) is 2.27. The van der Waals surface area contributed by atoms with Crippen LogP contribution in [-0.4, -0.2) is 55.4 Å². The minimum absolute atomic E-state index is 0.0121.